The predicted octanol–water partition coefficient (Wildman–Crippen LogP) is 1.74. The van der Waals surface area contributed by atoms with E-state index in [1.807, 2.05) is 18.2 Å². The van der Waals surface area contributed by atoms with Gasteiger partial charge in [-0.15, -0.1) is 12.4 Å². The molecule has 1 amide bonds. The summed E-state index contributed by atoms with van der Waals surface area (Å²) in [4.78, 5) is 11.9. The van der Waals surface area contributed by atoms with Gasteiger partial charge in [0.05, 0.1) is 14.2 Å². The second-order valence-electron chi connectivity index (χ2n) is 5.02. The highest BCUT2D eigenvalue weighted by atomic mass is 35.5. The van der Waals surface area contributed by atoms with Crippen LogP contribution in [0.15, 0.2) is 18.2 Å². The minimum Gasteiger partial charge on any atom is -0.497 e. The Morgan fingerprint density at radius 1 is 1.38 bits per heavy atom. The van der Waals surface area contributed by atoms with E-state index >= 15 is 0 Å². The summed E-state index contributed by atoms with van der Waals surface area (Å²) in [6.07, 6.45) is 1.67. The molecular weight excluding hydrogens is 292 g/mol. The quantitative estimate of drug-likeness (QED) is 0.840. The molecule has 1 aliphatic rings. The van der Waals surface area contributed by atoms with Crippen molar-refractivity contribution in [2.75, 3.05) is 27.3 Å². The predicted molar refractivity (Wildman–Crippen MR) is 84.2 cm³/mol. The number of ether oxygens (including phenoxy) is 2. The zero-order chi connectivity index (χ0) is 14.4. The first-order valence-corrected chi connectivity index (χ1v) is 6.91. The average Bonchev–Trinajstić information content (AvgIpc) is 2.97. The van der Waals surface area contributed by atoms with Gasteiger partial charge in [0.2, 0.25) is 5.91 Å². The van der Waals surface area contributed by atoms with Gasteiger partial charge in [-0.2, -0.15) is 0 Å². The van der Waals surface area contributed by atoms with Crippen molar-refractivity contribution in [3.05, 3.63) is 23.8 Å². The molecule has 0 radical (unpaired) electrons. The number of rotatable bonds is 6. The van der Waals surface area contributed by atoms with Crippen LogP contribution >= 0.6 is 12.4 Å². The molecule has 1 fully saturated rings. The lowest BCUT2D eigenvalue weighted by molar-refractivity contribution is -0.122. The second-order valence-corrected chi connectivity index (χ2v) is 5.02. The minimum atomic E-state index is 0. The second kappa shape index (κ2) is 8.74. The van der Waals surface area contributed by atoms with E-state index in [2.05, 4.69) is 10.6 Å². The standard InChI is InChI=1S/C15H22N2O3.ClH/c1-19-13-4-3-12(14(8-13)20-2)10-17-15(18)7-11-5-6-16-9-11;/h3-4,8,11,16H,5-7,9-10H2,1-2H3,(H,17,18);1H. The summed E-state index contributed by atoms with van der Waals surface area (Å²) in [7, 11) is 3.23. The van der Waals surface area contributed by atoms with E-state index in [0.29, 0.717) is 18.9 Å². The van der Waals surface area contributed by atoms with Crippen LogP contribution in [-0.2, 0) is 11.3 Å². The fraction of sp³-hybridized carbons (Fsp3) is 0.533. The third-order valence-electron chi connectivity index (χ3n) is 3.61. The smallest absolute Gasteiger partial charge is 0.220 e. The van der Waals surface area contributed by atoms with Crippen molar-refractivity contribution in [1.29, 1.82) is 0 Å². The minimum absolute atomic E-state index is 0. The van der Waals surface area contributed by atoms with Gasteiger partial charge in [0, 0.05) is 24.6 Å². The molecule has 0 aromatic heterocycles. The van der Waals surface area contributed by atoms with Crippen LogP contribution in [-0.4, -0.2) is 33.2 Å². The first-order chi connectivity index (χ1) is 9.72. The molecule has 118 valence electrons. The number of amides is 1. The number of hydrogen-bond acceptors (Lipinski definition) is 4. The van der Waals surface area contributed by atoms with E-state index in [-0.39, 0.29) is 18.3 Å². The number of carbonyl (C=O) groups excluding carboxylic acids is 1. The Kier molecular flexibility index (Phi) is 7.32. The topological polar surface area (TPSA) is 59.6 Å². The number of hydrogen-bond donors (Lipinski definition) is 2. The van der Waals surface area contributed by atoms with Gasteiger partial charge in [0.1, 0.15) is 11.5 Å². The zero-order valence-corrected chi connectivity index (χ0v) is 13.3. The largest absolute Gasteiger partial charge is 0.497 e. The van der Waals surface area contributed by atoms with Crippen LogP contribution in [0, 0.1) is 5.92 Å². The van der Waals surface area contributed by atoms with Crippen molar-refractivity contribution >= 4 is 18.3 Å². The molecule has 6 heteroatoms. The maximum atomic E-state index is 11.9. The van der Waals surface area contributed by atoms with Crippen LogP contribution in [0.1, 0.15) is 18.4 Å². The van der Waals surface area contributed by atoms with E-state index in [1.165, 1.54) is 0 Å². The summed E-state index contributed by atoms with van der Waals surface area (Å²) in [5, 5.41) is 6.22. The molecule has 1 aromatic rings. The molecule has 1 aromatic carbocycles. The fourth-order valence-electron chi connectivity index (χ4n) is 2.41. The highest BCUT2D eigenvalue weighted by Crippen LogP contribution is 2.24. The number of nitrogens with one attached hydrogen (secondary N) is 2. The van der Waals surface area contributed by atoms with Gasteiger partial charge in [0.15, 0.2) is 0 Å². The fourth-order valence-corrected chi connectivity index (χ4v) is 2.41. The van der Waals surface area contributed by atoms with E-state index in [0.717, 1.165) is 36.6 Å². The van der Waals surface area contributed by atoms with Gasteiger partial charge >= 0.3 is 0 Å². The third kappa shape index (κ3) is 5.10. The molecule has 0 saturated carbocycles. The molecule has 1 heterocycles. The third-order valence-corrected chi connectivity index (χ3v) is 3.61. The summed E-state index contributed by atoms with van der Waals surface area (Å²) in [6.45, 7) is 2.44. The van der Waals surface area contributed by atoms with Gasteiger partial charge in [-0.25, -0.2) is 0 Å². The van der Waals surface area contributed by atoms with Crippen LogP contribution < -0.4 is 20.1 Å². The van der Waals surface area contributed by atoms with Crippen LogP contribution in [0.3, 0.4) is 0 Å². The van der Waals surface area contributed by atoms with Crippen molar-refractivity contribution < 1.29 is 14.3 Å². The van der Waals surface area contributed by atoms with Crippen molar-refractivity contribution in [3.63, 3.8) is 0 Å². The Labute approximate surface area is 131 Å². The summed E-state index contributed by atoms with van der Waals surface area (Å²) in [5.74, 6) is 2.03. The SMILES string of the molecule is COc1ccc(CNC(=O)CC2CCNC2)c(OC)c1.Cl. The summed E-state index contributed by atoms with van der Waals surface area (Å²) in [5.41, 5.74) is 0.950. The number of carbonyl (C=O) groups is 1. The van der Waals surface area contributed by atoms with Gasteiger partial charge in [0.25, 0.3) is 0 Å². The average molecular weight is 315 g/mol. The van der Waals surface area contributed by atoms with Gasteiger partial charge in [-0.05, 0) is 37.6 Å². The first kappa shape index (κ1) is 17.6. The maximum absolute atomic E-state index is 11.9. The van der Waals surface area contributed by atoms with Gasteiger partial charge in [-0.1, -0.05) is 0 Å². The van der Waals surface area contributed by atoms with Crippen molar-refractivity contribution in [2.45, 2.75) is 19.4 Å². The number of methoxy groups -OCH3 is 2. The molecule has 0 bridgehead atoms. The normalized spacial score (nSPS) is 17.0. The molecule has 1 aliphatic heterocycles. The van der Waals surface area contributed by atoms with Gasteiger partial charge in [-0.3, -0.25) is 4.79 Å². The summed E-state index contributed by atoms with van der Waals surface area (Å²) < 4.78 is 10.5. The summed E-state index contributed by atoms with van der Waals surface area (Å²) >= 11 is 0. The molecule has 5 nitrogen and oxygen atoms in total. The molecular formula is C15H23ClN2O3. The Morgan fingerprint density at radius 3 is 2.81 bits per heavy atom. The molecule has 0 spiro atoms. The highest BCUT2D eigenvalue weighted by molar-refractivity contribution is 5.85. The zero-order valence-electron chi connectivity index (χ0n) is 12.5. The number of benzene rings is 1. The maximum Gasteiger partial charge on any atom is 0.220 e. The Morgan fingerprint density at radius 2 is 2.19 bits per heavy atom. The van der Waals surface area contributed by atoms with Gasteiger partial charge < -0.3 is 20.1 Å². The lowest BCUT2D eigenvalue weighted by Gasteiger charge is -2.12. The van der Waals surface area contributed by atoms with E-state index in [1.54, 1.807) is 14.2 Å². The Hall–Kier alpha value is -1.46. The Balaban J connectivity index is 0.00000220. The molecule has 0 aliphatic carbocycles. The molecule has 1 saturated heterocycles. The molecule has 2 rings (SSSR count). The molecule has 1 unspecified atom stereocenters. The Bertz CT molecular complexity index is 462. The van der Waals surface area contributed by atoms with E-state index in [4.69, 9.17) is 9.47 Å². The van der Waals surface area contributed by atoms with Crippen LogP contribution in [0.25, 0.3) is 0 Å². The van der Waals surface area contributed by atoms with Crippen molar-refractivity contribution in [1.82, 2.24) is 10.6 Å². The summed E-state index contributed by atoms with van der Waals surface area (Å²) in [6, 6.07) is 5.60. The van der Waals surface area contributed by atoms with Crippen LogP contribution in [0.5, 0.6) is 11.5 Å². The lowest BCUT2D eigenvalue weighted by atomic mass is 10.0. The monoisotopic (exact) mass is 314 g/mol. The van der Waals surface area contributed by atoms with Crippen LogP contribution in [0.4, 0.5) is 0 Å². The lowest BCUT2D eigenvalue weighted by Crippen LogP contribution is -2.26. The number of halogens is 1. The van der Waals surface area contributed by atoms with Crippen LogP contribution in [0.2, 0.25) is 0 Å². The van der Waals surface area contributed by atoms with Crippen molar-refractivity contribution in [2.24, 2.45) is 5.92 Å². The van der Waals surface area contributed by atoms with E-state index in [9.17, 15) is 4.79 Å². The first-order valence-electron chi connectivity index (χ1n) is 6.91. The highest BCUT2D eigenvalue weighted by Gasteiger charge is 2.18. The molecule has 1 atom stereocenters. The molecule has 21 heavy (non-hydrogen) atoms. The van der Waals surface area contributed by atoms with E-state index < -0.39 is 0 Å². The van der Waals surface area contributed by atoms with Crippen molar-refractivity contribution in [3.8, 4) is 11.5 Å². The molecule has 2 N–H and O–H groups in total.